The van der Waals surface area contributed by atoms with Crippen molar-refractivity contribution in [3.63, 3.8) is 0 Å². The largest absolute Gasteiger partial charge is 0.370 e. The Bertz CT molecular complexity index is 879. The number of nitrogens with one attached hydrogen (secondary N) is 1. The molecular weight excluding hydrogens is 311 g/mol. The van der Waals surface area contributed by atoms with Gasteiger partial charge in [0.25, 0.3) is 0 Å². The highest BCUT2D eigenvalue weighted by atomic mass is 35.5. The first kappa shape index (κ1) is 17.8. The number of hydrogen-bond acceptors (Lipinski definition) is 1. The number of aromatic amines is 1. The standard InChI is InChI=1S/C13H20B7ClN2O/c14-10(9(22)24)8-7(5-3-4(21)1-2-6(5)23-8)11(15,16)13(19,20)12(10,17)18/h1-3,23H,14-20H2,(H2,22,24)/t10-/m0/s1. The molecule has 3 N–H and O–H groups in total. The molecule has 2 aromatic rings. The van der Waals surface area contributed by atoms with Crippen LogP contribution in [0.25, 0.3) is 10.9 Å². The summed E-state index contributed by atoms with van der Waals surface area (Å²) in [5.41, 5.74) is 9.06. The van der Waals surface area contributed by atoms with Crippen molar-refractivity contribution in [2.24, 2.45) is 5.73 Å². The summed E-state index contributed by atoms with van der Waals surface area (Å²) in [6.07, 6.45) is 0. The van der Waals surface area contributed by atoms with E-state index < -0.39 is 5.31 Å². The first-order valence-corrected chi connectivity index (χ1v) is 8.80. The summed E-state index contributed by atoms with van der Waals surface area (Å²) in [5.74, 6) is -0.296. The van der Waals surface area contributed by atoms with Gasteiger partial charge in [-0.2, -0.15) is 0 Å². The third kappa shape index (κ3) is 1.76. The summed E-state index contributed by atoms with van der Waals surface area (Å²) < 4.78 is 0. The van der Waals surface area contributed by atoms with E-state index in [1.807, 2.05) is 26.0 Å². The average Bonchev–Trinajstić information content (AvgIpc) is 2.83. The number of amides is 1. The fourth-order valence-electron chi connectivity index (χ4n) is 4.65. The van der Waals surface area contributed by atoms with Crippen molar-refractivity contribution < 1.29 is 4.79 Å². The van der Waals surface area contributed by atoms with E-state index in [2.05, 4.69) is 52.1 Å². The first-order chi connectivity index (χ1) is 10.8. The molecule has 0 saturated heterocycles. The highest BCUT2D eigenvalue weighted by Gasteiger charge is 2.64. The Morgan fingerprint density at radius 3 is 2.17 bits per heavy atom. The molecule has 1 heterocycles. The topological polar surface area (TPSA) is 58.9 Å². The summed E-state index contributed by atoms with van der Waals surface area (Å²) in [4.78, 5) is 16.2. The number of carbonyl (C=O) groups excluding carboxylic acids is 1. The van der Waals surface area contributed by atoms with Gasteiger partial charge in [0.15, 0.2) is 0 Å². The van der Waals surface area contributed by atoms with Crippen LogP contribution in [-0.2, 0) is 15.3 Å². The van der Waals surface area contributed by atoms with Gasteiger partial charge in [0, 0.05) is 26.9 Å². The second-order valence-corrected chi connectivity index (χ2v) is 9.37. The van der Waals surface area contributed by atoms with Gasteiger partial charge in [0.05, 0.1) is 31.4 Å². The van der Waals surface area contributed by atoms with Crippen molar-refractivity contribution >= 4 is 83.3 Å². The number of carbonyl (C=O) groups is 1. The number of nitrogens with two attached hydrogens (primary N) is 1. The lowest BCUT2D eigenvalue weighted by Gasteiger charge is -2.64. The molecule has 3 nitrogen and oxygen atoms in total. The van der Waals surface area contributed by atoms with Gasteiger partial charge in [-0.1, -0.05) is 27.2 Å². The molecule has 0 aliphatic heterocycles. The van der Waals surface area contributed by atoms with E-state index in [1.165, 1.54) is 0 Å². The maximum Gasteiger partial charge on any atom is 0.220 e. The van der Waals surface area contributed by atoms with Crippen molar-refractivity contribution in [3.8, 4) is 0 Å². The highest BCUT2D eigenvalue weighted by molar-refractivity contribution is 6.65. The SMILES string of the molecule is BC1(B)c2c([nH]c3ccc(Cl)cc23)[C@](B)(C(N)=O)C(B)(B)C1(B)B. The maximum atomic E-state index is 12.7. The van der Waals surface area contributed by atoms with Crippen LogP contribution in [0, 0.1) is 0 Å². The van der Waals surface area contributed by atoms with Gasteiger partial charge in [-0.05, 0) is 23.8 Å². The molecule has 0 saturated carbocycles. The normalized spacial score (nSPS) is 26.7. The van der Waals surface area contributed by atoms with Crippen molar-refractivity contribution in [2.75, 3.05) is 0 Å². The maximum absolute atomic E-state index is 12.7. The van der Waals surface area contributed by atoms with E-state index in [4.69, 9.17) is 17.3 Å². The zero-order valence-corrected chi connectivity index (χ0v) is 16.4. The lowest BCUT2D eigenvalue weighted by atomic mass is 9.09. The Labute approximate surface area is 154 Å². The molecule has 3 rings (SSSR count). The fourth-order valence-corrected chi connectivity index (χ4v) is 4.82. The van der Waals surface area contributed by atoms with Crippen molar-refractivity contribution in [2.45, 2.75) is 21.0 Å². The van der Waals surface area contributed by atoms with Gasteiger partial charge in [0.2, 0.25) is 5.91 Å². The summed E-state index contributed by atoms with van der Waals surface area (Å²) in [6, 6.07) is 5.84. The average molecular weight is 331 g/mol. The van der Waals surface area contributed by atoms with E-state index in [-0.39, 0.29) is 21.5 Å². The first-order valence-electron chi connectivity index (χ1n) is 8.42. The highest BCUT2D eigenvalue weighted by Crippen LogP contribution is 2.66. The Morgan fingerprint density at radius 1 is 1.04 bits per heavy atom. The lowest BCUT2D eigenvalue weighted by Crippen LogP contribution is -2.66. The van der Waals surface area contributed by atoms with Gasteiger partial charge in [-0.15, -0.1) is 0 Å². The van der Waals surface area contributed by atoms with Gasteiger partial charge in [0.1, 0.15) is 23.5 Å². The molecule has 0 fully saturated rings. The third-order valence-electron chi connectivity index (χ3n) is 7.75. The number of primary amides is 1. The van der Waals surface area contributed by atoms with Crippen LogP contribution in [0.4, 0.5) is 0 Å². The number of rotatable bonds is 1. The van der Waals surface area contributed by atoms with Crippen LogP contribution in [-0.4, -0.2) is 65.8 Å². The Hall–Kier alpha value is -1.03. The zero-order chi connectivity index (χ0) is 18.3. The number of benzene rings is 1. The van der Waals surface area contributed by atoms with Gasteiger partial charge >= 0.3 is 0 Å². The zero-order valence-electron chi connectivity index (χ0n) is 15.6. The van der Waals surface area contributed by atoms with E-state index in [0.717, 1.165) is 22.2 Å². The molecule has 0 radical (unpaired) electrons. The minimum atomic E-state index is -0.799. The summed E-state index contributed by atoms with van der Waals surface area (Å²) in [6.45, 7) is 0. The third-order valence-corrected chi connectivity index (χ3v) is 7.99. The van der Waals surface area contributed by atoms with Crippen molar-refractivity contribution in [1.29, 1.82) is 0 Å². The van der Waals surface area contributed by atoms with Crippen molar-refractivity contribution in [3.05, 3.63) is 34.5 Å². The second-order valence-electron chi connectivity index (χ2n) is 8.93. The van der Waals surface area contributed by atoms with Crippen LogP contribution in [0.3, 0.4) is 0 Å². The van der Waals surface area contributed by atoms with Crippen LogP contribution >= 0.6 is 11.6 Å². The number of fused-ring (bicyclic) bond motifs is 3. The molecule has 11 heteroatoms. The van der Waals surface area contributed by atoms with Crippen LogP contribution < -0.4 is 5.73 Å². The van der Waals surface area contributed by atoms with Crippen LogP contribution in [0.1, 0.15) is 11.3 Å². The van der Waals surface area contributed by atoms with Crippen LogP contribution in [0.5, 0.6) is 0 Å². The van der Waals surface area contributed by atoms with E-state index in [0.29, 0.717) is 5.02 Å². The van der Waals surface area contributed by atoms with E-state index in [1.54, 1.807) is 0 Å². The smallest absolute Gasteiger partial charge is 0.220 e. The summed E-state index contributed by atoms with van der Waals surface area (Å²) in [7, 11) is 15.3. The molecule has 1 aromatic heterocycles. The minimum absolute atomic E-state index is 0.163. The number of halogens is 1. The second kappa shape index (κ2) is 4.78. The molecule has 1 aliphatic rings. The van der Waals surface area contributed by atoms with Crippen LogP contribution in [0.15, 0.2) is 18.2 Å². The Morgan fingerprint density at radius 2 is 1.62 bits per heavy atom. The van der Waals surface area contributed by atoms with Gasteiger partial charge in [-0.3, -0.25) is 4.79 Å². The Kier molecular flexibility index (Phi) is 3.54. The monoisotopic (exact) mass is 332 g/mol. The molecule has 116 valence electrons. The van der Waals surface area contributed by atoms with E-state index in [9.17, 15) is 4.79 Å². The van der Waals surface area contributed by atoms with Gasteiger partial charge in [-0.25, -0.2) is 0 Å². The lowest BCUT2D eigenvalue weighted by molar-refractivity contribution is -0.121. The predicted octanol–water partition coefficient (Wildman–Crippen LogP) is -4.67. The quantitative estimate of drug-likeness (QED) is 0.507. The molecule has 0 bridgehead atoms. The van der Waals surface area contributed by atoms with E-state index >= 15 is 0 Å². The summed E-state index contributed by atoms with van der Waals surface area (Å²) in [5, 5.41) is 0.305. The molecule has 0 spiro atoms. The number of hydrogen-bond donors (Lipinski definition) is 2. The molecule has 1 aliphatic carbocycles. The summed E-state index contributed by atoms with van der Waals surface area (Å²) >= 11 is 6.27. The molecule has 1 amide bonds. The Balaban J connectivity index is 2.56. The molecule has 1 atom stereocenters. The van der Waals surface area contributed by atoms with Crippen LogP contribution in [0.2, 0.25) is 15.5 Å². The predicted molar refractivity (Wildman–Crippen MR) is 121 cm³/mol. The molecule has 1 aromatic carbocycles. The molecule has 0 unspecified atom stereocenters. The van der Waals surface area contributed by atoms with Crippen molar-refractivity contribution in [1.82, 2.24) is 4.98 Å². The molecule has 24 heavy (non-hydrogen) atoms. The minimum Gasteiger partial charge on any atom is -0.370 e. The number of H-pyrrole nitrogens is 1. The molecular formula is C13H20B7ClN2O. The fraction of sp³-hybridized carbons (Fsp3) is 0.308. The number of aromatic nitrogens is 1. The van der Waals surface area contributed by atoms with Gasteiger partial charge < -0.3 is 10.7 Å².